The first-order valence-electron chi connectivity index (χ1n) is 6.71. The van der Waals surface area contributed by atoms with E-state index in [0.717, 1.165) is 11.5 Å². The van der Waals surface area contributed by atoms with E-state index in [1.54, 1.807) is 0 Å². The van der Waals surface area contributed by atoms with Gasteiger partial charge in [-0.25, -0.2) is 0 Å². The molecule has 0 amide bonds. The Morgan fingerprint density at radius 3 is 2.75 bits per heavy atom. The van der Waals surface area contributed by atoms with Crippen molar-refractivity contribution < 1.29 is 4.74 Å². The molecule has 1 saturated heterocycles. The molecule has 2 aliphatic rings. The first-order valence-corrected chi connectivity index (χ1v) is 7.87. The lowest BCUT2D eigenvalue weighted by Crippen LogP contribution is -2.32. The second-order valence-corrected chi connectivity index (χ2v) is 6.61. The van der Waals surface area contributed by atoms with Crippen LogP contribution in [0, 0.1) is 0 Å². The molecule has 2 rings (SSSR count). The van der Waals surface area contributed by atoms with Crippen molar-refractivity contribution in [2.45, 2.75) is 69.6 Å². The molecule has 2 N–H and O–H groups in total. The quantitative estimate of drug-likeness (QED) is 0.824. The molecule has 1 spiro atoms. The molecule has 0 aromatic carbocycles. The Morgan fingerprint density at radius 1 is 1.31 bits per heavy atom. The average molecular weight is 243 g/mol. The van der Waals surface area contributed by atoms with E-state index in [1.165, 1.54) is 44.9 Å². The monoisotopic (exact) mass is 243 g/mol. The molecule has 2 atom stereocenters. The minimum atomic E-state index is 0.289. The zero-order valence-corrected chi connectivity index (χ0v) is 11.2. The van der Waals surface area contributed by atoms with Gasteiger partial charge in [-0.1, -0.05) is 19.3 Å². The summed E-state index contributed by atoms with van der Waals surface area (Å²) in [6.07, 6.45) is 9.85. The number of rotatable bonds is 4. The van der Waals surface area contributed by atoms with E-state index in [1.807, 2.05) is 11.8 Å². The highest BCUT2D eigenvalue weighted by Gasteiger charge is 2.40. The molecule has 2 nitrogen and oxygen atoms in total. The summed E-state index contributed by atoms with van der Waals surface area (Å²) in [4.78, 5) is 0. The van der Waals surface area contributed by atoms with Gasteiger partial charge in [-0.15, -0.1) is 0 Å². The number of ether oxygens (including phenoxy) is 1. The predicted octanol–water partition coefficient (Wildman–Crippen LogP) is 2.95. The van der Waals surface area contributed by atoms with E-state index < -0.39 is 0 Å². The molecule has 3 heteroatoms. The maximum Gasteiger partial charge on any atom is 0.0687 e. The van der Waals surface area contributed by atoms with E-state index in [0.29, 0.717) is 12.1 Å². The first-order chi connectivity index (χ1) is 7.70. The van der Waals surface area contributed by atoms with Crippen LogP contribution >= 0.6 is 11.8 Å². The van der Waals surface area contributed by atoms with E-state index in [2.05, 4.69) is 6.92 Å². The fraction of sp³-hybridized carbons (Fsp3) is 1.00. The van der Waals surface area contributed by atoms with E-state index in [9.17, 15) is 0 Å². The third kappa shape index (κ3) is 3.38. The van der Waals surface area contributed by atoms with Crippen LogP contribution in [0.25, 0.3) is 0 Å². The Labute approximate surface area is 104 Å². The molecule has 1 heterocycles. The summed E-state index contributed by atoms with van der Waals surface area (Å²) >= 11 is 1.96. The normalized spacial score (nSPS) is 30.8. The summed E-state index contributed by atoms with van der Waals surface area (Å²) < 4.78 is 6.31. The molecule has 0 aromatic rings. The summed E-state index contributed by atoms with van der Waals surface area (Å²) in [5.74, 6) is 2.20. The van der Waals surface area contributed by atoms with Gasteiger partial charge >= 0.3 is 0 Å². The highest BCUT2D eigenvalue weighted by atomic mass is 32.2. The van der Waals surface area contributed by atoms with Crippen molar-refractivity contribution in [3.63, 3.8) is 0 Å². The van der Waals surface area contributed by atoms with Crippen LogP contribution in [0.3, 0.4) is 0 Å². The Balaban J connectivity index is 1.70. The Morgan fingerprint density at radius 2 is 2.06 bits per heavy atom. The molecule has 1 aliphatic heterocycles. The molecule has 0 radical (unpaired) electrons. The van der Waals surface area contributed by atoms with Crippen LogP contribution < -0.4 is 5.73 Å². The van der Waals surface area contributed by atoms with Crippen LogP contribution in [0.1, 0.15) is 51.9 Å². The highest BCUT2D eigenvalue weighted by molar-refractivity contribution is 7.99. The Hall–Kier alpha value is 0.270. The smallest absolute Gasteiger partial charge is 0.0687 e. The van der Waals surface area contributed by atoms with Crippen molar-refractivity contribution in [1.82, 2.24) is 0 Å². The zero-order chi connectivity index (χ0) is 11.4. The van der Waals surface area contributed by atoms with Gasteiger partial charge in [0.25, 0.3) is 0 Å². The molecular formula is C13H25NOS. The van der Waals surface area contributed by atoms with Gasteiger partial charge in [0, 0.05) is 17.5 Å². The number of thioether (sulfide) groups is 1. The summed E-state index contributed by atoms with van der Waals surface area (Å²) in [6, 6.07) is 0.315. The number of hydrogen-bond acceptors (Lipinski definition) is 3. The fourth-order valence-electron chi connectivity index (χ4n) is 2.96. The van der Waals surface area contributed by atoms with Gasteiger partial charge in [0.1, 0.15) is 0 Å². The minimum absolute atomic E-state index is 0.289. The van der Waals surface area contributed by atoms with Crippen molar-refractivity contribution in [2.24, 2.45) is 5.73 Å². The number of hydrogen-bond donors (Lipinski definition) is 1. The maximum absolute atomic E-state index is 6.31. The van der Waals surface area contributed by atoms with Crippen molar-refractivity contribution in [1.29, 1.82) is 0 Å². The lowest BCUT2D eigenvalue weighted by atomic mass is 9.83. The molecule has 1 aliphatic carbocycles. The molecule has 16 heavy (non-hydrogen) atoms. The maximum atomic E-state index is 6.31. The Bertz CT molecular complexity index is 214. The summed E-state index contributed by atoms with van der Waals surface area (Å²) in [5.41, 5.74) is 6.04. The van der Waals surface area contributed by atoms with Gasteiger partial charge in [0.15, 0.2) is 0 Å². The molecule has 0 aromatic heterocycles. The predicted molar refractivity (Wildman–Crippen MR) is 70.9 cm³/mol. The Kier molecular flexibility index (Phi) is 4.57. The van der Waals surface area contributed by atoms with Gasteiger partial charge in [0.2, 0.25) is 0 Å². The highest BCUT2D eigenvalue weighted by Crippen LogP contribution is 2.42. The molecule has 0 bridgehead atoms. The lowest BCUT2D eigenvalue weighted by Gasteiger charge is -2.33. The number of nitrogens with two attached hydrogens (primary N) is 1. The summed E-state index contributed by atoms with van der Waals surface area (Å²) in [5, 5.41) is 0. The molecular weight excluding hydrogens is 218 g/mol. The third-order valence-electron chi connectivity index (χ3n) is 3.79. The second-order valence-electron chi connectivity index (χ2n) is 5.54. The molecule has 94 valence electrons. The average Bonchev–Trinajstić information content (AvgIpc) is 2.62. The molecule has 1 saturated carbocycles. The van der Waals surface area contributed by atoms with Crippen LogP contribution in [0.4, 0.5) is 0 Å². The first kappa shape index (κ1) is 12.7. The van der Waals surface area contributed by atoms with Crippen molar-refractivity contribution in [3.8, 4) is 0 Å². The van der Waals surface area contributed by atoms with Crippen molar-refractivity contribution in [3.05, 3.63) is 0 Å². The summed E-state index contributed by atoms with van der Waals surface area (Å²) in [7, 11) is 0. The minimum Gasteiger partial charge on any atom is -0.371 e. The van der Waals surface area contributed by atoms with E-state index >= 15 is 0 Å². The lowest BCUT2D eigenvalue weighted by molar-refractivity contribution is -0.0555. The summed E-state index contributed by atoms with van der Waals surface area (Å²) in [6.45, 7) is 2.07. The van der Waals surface area contributed by atoms with Gasteiger partial charge in [-0.2, -0.15) is 11.8 Å². The van der Waals surface area contributed by atoms with Crippen LogP contribution in [0.2, 0.25) is 0 Å². The zero-order valence-electron chi connectivity index (χ0n) is 10.4. The second kappa shape index (κ2) is 5.74. The van der Waals surface area contributed by atoms with E-state index in [-0.39, 0.29) is 5.60 Å². The van der Waals surface area contributed by atoms with Crippen molar-refractivity contribution in [2.75, 3.05) is 11.5 Å². The van der Waals surface area contributed by atoms with E-state index in [4.69, 9.17) is 10.5 Å². The van der Waals surface area contributed by atoms with Gasteiger partial charge in [-0.3, -0.25) is 0 Å². The van der Waals surface area contributed by atoms with Gasteiger partial charge in [0.05, 0.1) is 11.7 Å². The SMILES string of the molecule is CC(N)CSCC1CCC2(CCCCC2)O1. The topological polar surface area (TPSA) is 35.2 Å². The van der Waals surface area contributed by atoms with Crippen molar-refractivity contribution >= 4 is 11.8 Å². The van der Waals surface area contributed by atoms with Crippen LogP contribution in [0.15, 0.2) is 0 Å². The van der Waals surface area contributed by atoms with Crippen LogP contribution in [-0.2, 0) is 4.74 Å². The van der Waals surface area contributed by atoms with Gasteiger partial charge < -0.3 is 10.5 Å². The molecule has 2 fully saturated rings. The van der Waals surface area contributed by atoms with Crippen LogP contribution in [0.5, 0.6) is 0 Å². The van der Waals surface area contributed by atoms with Gasteiger partial charge in [-0.05, 0) is 32.6 Å². The largest absolute Gasteiger partial charge is 0.371 e. The third-order valence-corrected chi connectivity index (χ3v) is 5.16. The van der Waals surface area contributed by atoms with Crippen LogP contribution in [-0.4, -0.2) is 29.3 Å². The standard InChI is InChI=1S/C13H25NOS/c1-11(14)9-16-10-12-5-8-13(15-12)6-3-2-4-7-13/h11-12H,2-10,14H2,1H3. The molecule has 2 unspecified atom stereocenters. The fourth-order valence-corrected chi connectivity index (χ4v) is 3.97.